The number of hydrogen-bond acceptors (Lipinski definition) is 3. The Hall–Kier alpha value is -1.75. The van der Waals surface area contributed by atoms with Gasteiger partial charge in [0.05, 0.1) is 10.6 Å². The number of benzene rings is 2. The van der Waals surface area contributed by atoms with Crippen LogP contribution in [-0.2, 0) is 4.79 Å². The van der Waals surface area contributed by atoms with E-state index in [-0.39, 0.29) is 11.1 Å². The summed E-state index contributed by atoms with van der Waals surface area (Å²) in [5.41, 5.74) is 1.19. The van der Waals surface area contributed by atoms with E-state index < -0.39 is 0 Å². The summed E-state index contributed by atoms with van der Waals surface area (Å²) in [5.74, 6) is -0.364. The van der Waals surface area contributed by atoms with Crippen LogP contribution in [0.2, 0.25) is 10.0 Å². The maximum atomic E-state index is 12.5. The molecule has 110 valence electrons. The first-order valence-electron chi connectivity index (χ1n) is 6.34. The second-order valence-corrected chi connectivity index (χ2v) is 6.35. The standard InChI is InChI=1S/C16H9Cl2NO2S/c17-11-5-7-12(8-6-11)19-15(20)14(22-16(19)21)9-10-3-1-2-4-13(10)18/h1-9H/b14-9-. The number of halogens is 2. The van der Waals surface area contributed by atoms with Gasteiger partial charge in [-0.15, -0.1) is 0 Å². The van der Waals surface area contributed by atoms with Crippen LogP contribution in [0.3, 0.4) is 0 Å². The predicted octanol–water partition coefficient (Wildman–Crippen LogP) is 5.23. The molecule has 0 bridgehead atoms. The molecule has 0 N–H and O–H groups in total. The number of carbonyl (C=O) groups is 2. The summed E-state index contributed by atoms with van der Waals surface area (Å²) >= 11 is 12.8. The minimum atomic E-state index is -0.364. The second kappa shape index (κ2) is 6.16. The Morgan fingerprint density at radius 3 is 2.32 bits per heavy atom. The van der Waals surface area contributed by atoms with Crippen LogP contribution >= 0.6 is 35.0 Å². The van der Waals surface area contributed by atoms with Gasteiger partial charge in [-0.2, -0.15) is 0 Å². The van der Waals surface area contributed by atoms with Crippen molar-refractivity contribution in [3.63, 3.8) is 0 Å². The molecular formula is C16H9Cl2NO2S. The van der Waals surface area contributed by atoms with Crippen molar-refractivity contribution in [3.8, 4) is 0 Å². The molecule has 0 spiro atoms. The lowest BCUT2D eigenvalue weighted by Gasteiger charge is -2.12. The summed E-state index contributed by atoms with van der Waals surface area (Å²) in [7, 11) is 0. The molecule has 1 aliphatic heterocycles. The molecule has 2 aromatic carbocycles. The van der Waals surface area contributed by atoms with Crippen molar-refractivity contribution in [1.29, 1.82) is 0 Å². The fourth-order valence-corrected chi connectivity index (χ4v) is 3.16. The van der Waals surface area contributed by atoms with Crippen molar-refractivity contribution in [3.05, 3.63) is 69.0 Å². The fraction of sp³-hybridized carbons (Fsp3) is 0. The number of carbonyl (C=O) groups excluding carboxylic acids is 2. The van der Waals surface area contributed by atoms with Crippen molar-refractivity contribution in [2.45, 2.75) is 0 Å². The largest absolute Gasteiger partial charge is 0.298 e. The van der Waals surface area contributed by atoms with Gasteiger partial charge >= 0.3 is 0 Å². The molecule has 1 aliphatic rings. The zero-order valence-electron chi connectivity index (χ0n) is 11.1. The highest BCUT2D eigenvalue weighted by molar-refractivity contribution is 8.19. The molecule has 0 saturated carbocycles. The van der Waals surface area contributed by atoms with E-state index in [0.717, 1.165) is 16.7 Å². The molecule has 1 fully saturated rings. The Labute approximate surface area is 141 Å². The van der Waals surface area contributed by atoms with Gasteiger partial charge < -0.3 is 0 Å². The van der Waals surface area contributed by atoms with Gasteiger partial charge in [-0.25, -0.2) is 4.90 Å². The summed E-state index contributed by atoms with van der Waals surface area (Å²) in [6.45, 7) is 0. The van der Waals surface area contributed by atoms with Gasteiger partial charge in [-0.3, -0.25) is 9.59 Å². The Balaban J connectivity index is 1.95. The molecule has 6 heteroatoms. The van der Waals surface area contributed by atoms with Gasteiger partial charge in [0.2, 0.25) is 0 Å². The molecule has 0 aromatic heterocycles. The summed E-state index contributed by atoms with van der Waals surface area (Å²) in [5, 5.41) is 0.730. The van der Waals surface area contributed by atoms with Crippen LogP contribution in [0.25, 0.3) is 6.08 Å². The SMILES string of the molecule is O=C1S/C(=C\c2ccccc2Cl)C(=O)N1c1ccc(Cl)cc1. The van der Waals surface area contributed by atoms with Crippen LogP contribution in [0.4, 0.5) is 10.5 Å². The summed E-state index contributed by atoms with van der Waals surface area (Å²) in [6.07, 6.45) is 1.63. The van der Waals surface area contributed by atoms with Crippen LogP contribution in [-0.4, -0.2) is 11.1 Å². The molecule has 2 aromatic rings. The maximum absolute atomic E-state index is 12.5. The third kappa shape index (κ3) is 2.90. The van der Waals surface area contributed by atoms with Gasteiger partial charge in [0, 0.05) is 10.0 Å². The average molecular weight is 350 g/mol. The monoisotopic (exact) mass is 349 g/mol. The number of anilines is 1. The molecular weight excluding hydrogens is 341 g/mol. The second-order valence-electron chi connectivity index (χ2n) is 4.52. The van der Waals surface area contributed by atoms with E-state index in [1.807, 2.05) is 6.07 Å². The molecule has 3 nitrogen and oxygen atoms in total. The quantitative estimate of drug-likeness (QED) is 0.696. The lowest BCUT2D eigenvalue weighted by molar-refractivity contribution is -0.113. The highest BCUT2D eigenvalue weighted by Crippen LogP contribution is 2.36. The van der Waals surface area contributed by atoms with Crippen molar-refractivity contribution in [1.82, 2.24) is 0 Å². The summed E-state index contributed by atoms with van der Waals surface area (Å²) in [4.78, 5) is 26.0. The molecule has 1 saturated heterocycles. The summed E-state index contributed by atoms with van der Waals surface area (Å²) < 4.78 is 0. The predicted molar refractivity (Wildman–Crippen MR) is 91.4 cm³/mol. The Morgan fingerprint density at radius 2 is 1.64 bits per heavy atom. The maximum Gasteiger partial charge on any atom is 0.298 e. The molecule has 2 amide bonds. The van der Waals surface area contributed by atoms with Crippen molar-refractivity contribution in [2.24, 2.45) is 0 Å². The topological polar surface area (TPSA) is 37.4 Å². The van der Waals surface area contributed by atoms with Crippen LogP contribution in [0, 0.1) is 0 Å². The van der Waals surface area contributed by atoms with Crippen molar-refractivity contribution >= 4 is 57.9 Å². The molecule has 1 heterocycles. The van der Waals surface area contributed by atoms with E-state index in [0.29, 0.717) is 26.2 Å². The lowest BCUT2D eigenvalue weighted by atomic mass is 10.2. The van der Waals surface area contributed by atoms with Crippen molar-refractivity contribution in [2.75, 3.05) is 4.90 Å². The molecule has 0 radical (unpaired) electrons. The Morgan fingerprint density at radius 1 is 0.955 bits per heavy atom. The third-order valence-corrected chi connectivity index (χ3v) is 4.54. The van der Waals surface area contributed by atoms with E-state index in [1.54, 1.807) is 48.5 Å². The van der Waals surface area contributed by atoms with Crippen LogP contribution in [0.5, 0.6) is 0 Å². The van der Waals surface area contributed by atoms with E-state index in [9.17, 15) is 9.59 Å². The third-order valence-electron chi connectivity index (χ3n) is 3.07. The minimum Gasteiger partial charge on any atom is -0.268 e. The van der Waals surface area contributed by atoms with Gasteiger partial charge in [0.25, 0.3) is 11.1 Å². The zero-order valence-corrected chi connectivity index (χ0v) is 13.5. The molecule has 0 atom stereocenters. The van der Waals surface area contributed by atoms with E-state index in [2.05, 4.69) is 0 Å². The highest BCUT2D eigenvalue weighted by Gasteiger charge is 2.36. The van der Waals surface area contributed by atoms with E-state index in [1.165, 1.54) is 0 Å². The number of thioether (sulfide) groups is 1. The Bertz CT molecular complexity index is 787. The lowest BCUT2D eigenvalue weighted by Crippen LogP contribution is -2.27. The Kier molecular flexibility index (Phi) is 4.25. The normalized spacial score (nSPS) is 16.6. The zero-order chi connectivity index (χ0) is 15.7. The fourth-order valence-electron chi connectivity index (χ4n) is 2.01. The smallest absolute Gasteiger partial charge is 0.268 e. The first-order chi connectivity index (χ1) is 10.6. The molecule has 22 heavy (non-hydrogen) atoms. The van der Waals surface area contributed by atoms with E-state index in [4.69, 9.17) is 23.2 Å². The molecule has 3 rings (SSSR count). The number of imide groups is 1. The van der Waals surface area contributed by atoms with Crippen LogP contribution in [0.1, 0.15) is 5.56 Å². The van der Waals surface area contributed by atoms with Gasteiger partial charge in [0.1, 0.15) is 0 Å². The van der Waals surface area contributed by atoms with Gasteiger partial charge in [-0.05, 0) is 53.7 Å². The number of rotatable bonds is 2. The average Bonchev–Trinajstić information content (AvgIpc) is 2.77. The van der Waals surface area contributed by atoms with Gasteiger partial charge in [0.15, 0.2) is 0 Å². The molecule has 0 aliphatic carbocycles. The number of hydrogen-bond donors (Lipinski definition) is 0. The molecule has 0 unspecified atom stereocenters. The minimum absolute atomic E-state index is 0.341. The van der Waals surface area contributed by atoms with Crippen molar-refractivity contribution < 1.29 is 9.59 Å². The van der Waals surface area contributed by atoms with Crippen LogP contribution in [0.15, 0.2) is 53.4 Å². The first-order valence-corrected chi connectivity index (χ1v) is 7.91. The van der Waals surface area contributed by atoms with Crippen LogP contribution < -0.4 is 4.90 Å². The number of nitrogens with zero attached hydrogens (tertiary/aromatic N) is 1. The highest BCUT2D eigenvalue weighted by atomic mass is 35.5. The summed E-state index contributed by atoms with van der Waals surface area (Å²) in [6, 6.07) is 13.7. The number of amides is 2. The first kappa shape index (κ1) is 15.2. The van der Waals surface area contributed by atoms with E-state index >= 15 is 0 Å². The van der Waals surface area contributed by atoms with Gasteiger partial charge in [-0.1, -0.05) is 41.4 Å².